The van der Waals surface area contributed by atoms with E-state index in [-0.39, 0.29) is 5.41 Å². The molecule has 0 bridgehead atoms. The van der Waals surface area contributed by atoms with Crippen LogP contribution in [0.2, 0.25) is 0 Å². The van der Waals surface area contributed by atoms with Gasteiger partial charge in [-0.15, -0.1) is 6.58 Å². The first-order chi connectivity index (χ1) is 5.97. The van der Waals surface area contributed by atoms with Gasteiger partial charge in [-0.05, 0) is 29.5 Å². The molecule has 0 amide bonds. The molecule has 0 aliphatic heterocycles. The van der Waals surface area contributed by atoms with Crippen LogP contribution in [0.3, 0.4) is 0 Å². The van der Waals surface area contributed by atoms with Gasteiger partial charge in [0.25, 0.3) is 0 Å². The lowest BCUT2D eigenvalue weighted by Gasteiger charge is -2.28. The molecular weight excluding hydrogens is 158 g/mol. The van der Waals surface area contributed by atoms with Crippen molar-refractivity contribution in [3.05, 3.63) is 24.4 Å². The second-order valence-corrected chi connectivity index (χ2v) is 4.39. The Morgan fingerprint density at radius 2 is 2.00 bits per heavy atom. The molecule has 0 aromatic rings. The Bertz CT molecular complexity index is 184. The highest BCUT2D eigenvalue weighted by atomic mass is 14.8. The van der Waals surface area contributed by atoms with Crippen LogP contribution in [0.5, 0.6) is 0 Å². The molecule has 1 N–H and O–H groups in total. The van der Waals surface area contributed by atoms with Gasteiger partial charge in [-0.2, -0.15) is 0 Å². The second kappa shape index (κ2) is 5.11. The van der Waals surface area contributed by atoms with Crippen molar-refractivity contribution in [3.8, 4) is 0 Å². The zero-order valence-corrected chi connectivity index (χ0v) is 9.65. The topological polar surface area (TPSA) is 12.0 Å². The van der Waals surface area contributed by atoms with Gasteiger partial charge >= 0.3 is 0 Å². The summed E-state index contributed by atoms with van der Waals surface area (Å²) in [5, 5.41) is 3.11. The van der Waals surface area contributed by atoms with Crippen LogP contribution in [0.25, 0.3) is 0 Å². The van der Waals surface area contributed by atoms with Crippen molar-refractivity contribution in [1.82, 2.24) is 5.32 Å². The Morgan fingerprint density at radius 1 is 1.46 bits per heavy atom. The maximum Gasteiger partial charge on any atom is 0.00277 e. The molecule has 0 spiro atoms. The van der Waals surface area contributed by atoms with Crippen molar-refractivity contribution in [2.24, 2.45) is 11.3 Å². The van der Waals surface area contributed by atoms with Crippen LogP contribution in [0.4, 0.5) is 0 Å². The Hall–Kier alpha value is -0.720. The summed E-state index contributed by atoms with van der Waals surface area (Å²) in [5.74, 6) is 0.493. The summed E-state index contributed by atoms with van der Waals surface area (Å²) < 4.78 is 0. The van der Waals surface area contributed by atoms with Crippen molar-refractivity contribution < 1.29 is 0 Å². The van der Waals surface area contributed by atoms with Crippen LogP contribution in [-0.4, -0.2) is 7.05 Å². The minimum absolute atomic E-state index is 0.220. The van der Waals surface area contributed by atoms with E-state index < -0.39 is 0 Å². The predicted octanol–water partition coefficient (Wildman–Crippen LogP) is 3.35. The summed E-state index contributed by atoms with van der Waals surface area (Å²) in [6, 6.07) is 0. The van der Waals surface area contributed by atoms with Crippen molar-refractivity contribution >= 4 is 0 Å². The fraction of sp³-hybridized carbons (Fsp3) is 0.667. The minimum Gasteiger partial charge on any atom is -0.394 e. The summed E-state index contributed by atoms with van der Waals surface area (Å²) in [5.41, 5.74) is 1.64. The minimum atomic E-state index is 0.220. The number of hydrogen-bond donors (Lipinski definition) is 1. The third kappa shape index (κ3) is 3.67. The highest BCUT2D eigenvalue weighted by Crippen LogP contribution is 2.33. The highest BCUT2D eigenvalue weighted by molar-refractivity contribution is 5.17. The highest BCUT2D eigenvalue weighted by Gasteiger charge is 2.21. The molecule has 13 heavy (non-hydrogen) atoms. The van der Waals surface area contributed by atoms with E-state index >= 15 is 0 Å². The maximum atomic E-state index is 3.88. The van der Waals surface area contributed by atoms with E-state index in [9.17, 15) is 0 Å². The monoisotopic (exact) mass is 181 g/mol. The fourth-order valence-corrected chi connectivity index (χ4v) is 1.55. The molecule has 0 saturated carbocycles. The number of nitrogens with one attached hydrogen (secondary N) is 1. The van der Waals surface area contributed by atoms with Crippen LogP contribution in [0, 0.1) is 11.3 Å². The van der Waals surface area contributed by atoms with Crippen molar-refractivity contribution in [2.75, 3.05) is 7.05 Å². The molecule has 0 aliphatic rings. The van der Waals surface area contributed by atoms with E-state index in [1.54, 1.807) is 0 Å². The van der Waals surface area contributed by atoms with Gasteiger partial charge in [0.2, 0.25) is 0 Å². The van der Waals surface area contributed by atoms with E-state index in [4.69, 9.17) is 0 Å². The lowest BCUT2D eigenvalue weighted by molar-refractivity contribution is 0.443. The Morgan fingerprint density at radius 3 is 2.23 bits per heavy atom. The third-order valence-electron chi connectivity index (χ3n) is 2.29. The van der Waals surface area contributed by atoms with Crippen molar-refractivity contribution in [2.45, 2.75) is 34.1 Å². The molecule has 0 fully saturated rings. The zero-order valence-electron chi connectivity index (χ0n) is 9.65. The Balaban J connectivity index is 4.80. The molecule has 1 nitrogen and oxygen atoms in total. The largest absolute Gasteiger partial charge is 0.394 e. The lowest BCUT2D eigenvalue weighted by atomic mass is 9.78. The fourth-order valence-electron chi connectivity index (χ4n) is 1.55. The van der Waals surface area contributed by atoms with Gasteiger partial charge in [0, 0.05) is 7.05 Å². The van der Waals surface area contributed by atoms with Gasteiger partial charge in [0.15, 0.2) is 0 Å². The summed E-state index contributed by atoms with van der Waals surface area (Å²) in [4.78, 5) is 0. The Labute approximate surface area is 82.9 Å². The average Bonchev–Trinajstić information content (AvgIpc) is 2.03. The van der Waals surface area contributed by atoms with E-state index in [1.165, 1.54) is 5.57 Å². The molecule has 1 heteroatoms. The molecule has 1 unspecified atom stereocenters. The van der Waals surface area contributed by atoms with Gasteiger partial charge in [-0.1, -0.05) is 33.8 Å². The number of hydrogen-bond acceptors (Lipinski definition) is 1. The maximum absolute atomic E-state index is 3.88. The van der Waals surface area contributed by atoms with Crippen molar-refractivity contribution in [3.63, 3.8) is 0 Å². The van der Waals surface area contributed by atoms with E-state index in [2.05, 4.69) is 45.8 Å². The molecule has 0 aromatic heterocycles. The smallest absolute Gasteiger partial charge is 0.00277 e. The predicted molar refractivity (Wildman–Crippen MR) is 60.6 cm³/mol. The first kappa shape index (κ1) is 12.3. The average molecular weight is 181 g/mol. The Kier molecular flexibility index (Phi) is 4.82. The summed E-state index contributed by atoms with van der Waals surface area (Å²) in [6.45, 7) is 12.8. The standard InChI is InChI=1S/C12H23N/c1-7-10(8-2)11(9-13-6)12(3,4)5/h7,9-10,13H,1,8H2,2-6H3/b11-9+. The van der Waals surface area contributed by atoms with E-state index in [0.717, 1.165) is 6.42 Å². The summed E-state index contributed by atoms with van der Waals surface area (Å²) >= 11 is 0. The molecule has 0 saturated heterocycles. The van der Waals surface area contributed by atoms with E-state index in [0.29, 0.717) is 5.92 Å². The molecule has 0 heterocycles. The second-order valence-electron chi connectivity index (χ2n) is 4.39. The van der Waals surface area contributed by atoms with Crippen molar-refractivity contribution in [1.29, 1.82) is 0 Å². The normalized spacial score (nSPS) is 15.3. The molecule has 0 aromatic carbocycles. The van der Waals surface area contributed by atoms with Crippen LogP contribution < -0.4 is 5.32 Å². The molecule has 0 radical (unpaired) electrons. The van der Waals surface area contributed by atoms with Gasteiger partial charge in [-0.3, -0.25) is 0 Å². The molecule has 0 rings (SSSR count). The molecule has 0 aliphatic carbocycles. The SMILES string of the molecule is C=CC(CC)/C(=C\NC)C(C)(C)C. The number of rotatable bonds is 4. The van der Waals surface area contributed by atoms with Gasteiger partial charge < -0.3 is 5.32 Å². The van der Waals surface area contributed by atoms with Gasteiger partial charge in [0.05, 0.1) is 0 Å². The van der Waals surface area contributed by atoms with Crippen LogP contribution in [0.15, 0.2) is 24.4 Å². The first-order valence-corrected chi connectivity index (χ1v) is 4.97. The van der Waals surface area contributed by atoms with Gasteiger partial charge in [0.1, 0.15) is 0 Å². The van der Waals surface area contributed by atoms with Crippen LogP contribution in [0.1, 0.15) is 34.1 Å². The molecule has 76 valence electrons. The summed E-state index contributed by atoms with van der Waals surface area (Å²) in [7, 11) is 1.95. The quantitative estimate of drug-likeness (QED) is 0.656. The third-order valence-corrected chi connectivity index (χ3v) is 2.29. The first-order valence-electron chi connectivity index (χ1n) is 4.97. The summed E-state index contributed by atoms with van der Waals surface area (Å²) in [6.07, 6.45) is 5.26. The number of allylic oxidation sites excluding steroid dienone is 2. The van der Waals surface area contributed by atoms with Crippen LogP contribution in [-0.2, 0) is 0 Å². The molecular formula is C12H23N. The van der Waals surface area contributed by atoms with E-state index in [1.807, 2.05) is 13.1 Å². The van der Waals surface area contributed by atoms with Gasteiger partial charge in [-0.25, -0.2) is 0 Å². The lowest BCUT2D eigenvalue weighted by Crippen LogP contribution is -2.18. The zero-order chi connectivity index (χ0) is 10.5. The van der Waals surface area contributed by atoms with Crippen LogP contribution >= 0.6 is 0 Å². The molecule has 1 atom stereocenters.